The number of rotatable bonds is 23. The first kappa shape index (κ1) is 124. The number of esters is 3. The zero-order valence-electron chi connectivity index (χ0n) is 83.6. The number of hydrogen-bond donors (Lipinski definition) is 8. The van der Waals surface area contributed by atoms with Crippen LogP contribution in [0, 0.1) is 29.8 Å². The van der Waals surface area contributed by atoms with Gasteiger partial charge in [0.2, 0.25) is 29.7 Å². The van der Waals surface area contributed by atoms with Crippen molar-refractivity contribution in [2.75, 3.05) is 221 Å². The Morgan fingerprint density at radius 2 is 0.809 bits per heavy atom. The number of aromatic nitrogens is 6. The number of benzene rings is 3. The maximum absolute atomic E-state index is 15.0. The predicted octanol–water partition coefficient (Wildman–Crippen LogP) is 8.94. The van der Waals surface area contributed by atoms with Crippen molar-refractivity contribution in [2.24, 2.45) is 5.73 Å². The Kier molecular flexibility index (Phi) is 56.7. The molecule has 8 aliphatic heterocycles. The molecule has 6 aromatic rings. The first-order chi connectivity index (χ1) is 66.3. The summed E-state index contributed by atoms with van der Waals surface area (Å²) in [6.45, 7) is 26.1. The summed E-state index contributed by atoms with van der Waals surface area (Å²) < 4.78 is 103. The van der Waals surface area contributed by atoms with E-state index in [9.17, 15) is 51.5 Å². The average Bonchev–Trinajstić information content (AvgIpc) is 1.45. The maximum atomic E-state index is 15.0. The zero-order valence-corrected chi connectivity index (χ0v) is 88.5. The first-order valence-corrected chi connectivity index (χ1v) is 51.8. The molecule has 0 spiro atoms. The third kappa shape index (κ3) is 41.8. The summed E-state index contributed by atoms with van der Waals surface area (Å²) in [6, 6.07) is 4.74. The Labute approximate surface area is 861 Å². The molecule has 39 nitrogen and oxygen atoms in total. The number of carboxylic acids is 1. The van der Waals surface area contributed by atoms with Crippen LogP contribution in [0.25, 0.3) is 32.7 Å². The minimum atomic E-state index is -1.06. The van der Waals surface area contributed by atoms with Crippen molar-refractivity contribution in [3.05, 3.63) is 35.7 Å². The number of amides is 2. The average molecular weight is 2090 g/mol. The van der Waals surface area contributed by atoms with Crippen LogP contribution in [0.1, 0.15) is 146 Å². The van der Waals surface area contributed by atoms with Gasteiger partial charge in [0.15, 0.2) is 51.9 Å². The number of aliphatic carboxylic acids is 1. The van der Waals surface area contributed by atoms with Crippen molar-refractivity contribution in [3.8, 4) is 46.8 Å². The van der Waals surface area contributed by atoms with Gasteiger partial charge in [0.25, 0.3) is 0 Å². The van der Waals surface area contributed by atoms with Crippen LogP contribution in [-0.4, -0.2) is 324 Å². The topological polar surface area (TPSA) is 519 Å². The minimum absolute atomic E-state index is 0. The Hall–Kier alpha value is -9.27. The minimum Gasteiger partial charge on any atom is -0.870 e. The number of fused-ring (bicyclic) bond motifs is 3. The molecular formula is C92H139F3LiN17O22S6. The third-order valence-corrected chi connectivity index (χ3v) is 28.1. The van der Waals surface area contributed by atoms with E-state index >= 15 is 0 Å². The molecule has 0 bridgehead atoms. The normalized spacial score (nSPS) is 17.8. The van der Waals surface area contributed by atoms with Crippen LogP contribution < -0.4 is 95.5 Å². The number of nitrogens with two attached hydrogens (primary N) is 4. The van der Waals surface area contributed by atoms with Crippen molar-refractivity contribution in [3.63, 3.8) is 0 Å². The number of carbonyl (C=O) groups excluding carboxylic acids is 7. The Balaban J connectivity index is 0.000000349. The number of nitrogen functional groups attached to an aromatic ring is 3. The van der Waals surface area contributed by atoms with Gasteiger partial charge in [-0.1, -0.05) is 0 Å². The third-order valence-electron chi connectivity index (χ3n) is 21.0. The molecule has 3 aromatic heterocycles. The first-order valence-electron chi connectivity index (χ1n) is 45.9. The standard InChI is InChI=1S/C20H26FN5O3S.C19H25FN6O3S.C14H18FN5O2.C10H18O5.2C8H14O2S.C6H10O2S.C5H6O2.C2H7NS.Li.H2O/c1-28-14-11-13-17(16(21)18(14)29-2)23-20(24-19(13)22)26-7-5-25(6-8-26)15(27)10-12-4-3-9-30-12;1-28-12-9-11-16(15(20)17(12)29-2)23-19(24-18(11)21)26-6-4-25(5-7-26)14(27)10-13-22-3-8-30-13;1-21-9-7-8-11(10(15)12(9)22-2)18-14(19-13(8)16)20-5-3-17-4-6-20;1-9(2,3)14-7(11)13-8(12)15-10(4,5)6;2*1-2-10-8(9)6-7-4-3-5-11-7;7-6(8)4-5-2-1-3-9-5;1-3-5(6)7-4-2;3-1-2-4;;/h11-12H,3-10H2,1-2H3,(H2,22,23,24);9,13,22H,3-8,10H2,1-2H3,(H2,21,23,24);7,17H,3-6H2,1-2H3,(H2,16,18,19);1-6H3;2*7H,2-6H2,1H3;5H,1-4H2,(H,7,8);1H,4H2,2H3;4H,1-3H2;;1H2/q;;;;;;;;;+1;/p-1. The number of ether oxygens (including phenoxy) is 12. The van der Waals surface area contributed by atoms with Gasteiger partial charge in [0.05, 0.1) is 93.5 Å². The number of thiol groups is 1. The van der Waals surface area contributed by atoms with Gasteiger partial charge in [-0.2, -0.15) is 74.6 Å². The SMILES string of the molecule is C#CC(=O)OCC.CC(C)(C)OC(=O)OC(=O)OC(C)(C)C.CCOC(=O)CC1CCCS1.CCOC(=O)CC1CCCS1.COc1cc2c(N)nc(N3CCN(C(=O)CC4CCCS4)CC3)nc2c(F)c1OC.COc1cc2c(N)nc(N3CCN(C(=O)CC4NCCS4)CC3)nc2c(F)c1OC.COc1cc2c(N)nc(N3CCNCC3)nc2c(F)c1OC.NCCS.O=C(O)CC1CCCS1.[Li+].[OH-]. The fourth-order valence-electron chi connectivity index (χ4n) is 14.4. The molecule has 49 heteroatoms. The summed E-state index contributed by atoms with van der Waals surface area (Å²) in [5, 5.41) is 18.2. The molecule has 3 aromatic carbocycles. The number of nitrogens with zero attached hydrogens (tertiary/aromatic N) is 11. The second kappa shape index (κ2) is 64.5. The van der Waals surface area contributed by atoms with Gasteiger partial charge in [-0.05, 0) is 155 Å². The van der Waals surface area contributed by atoms with Crippen molar-refractivity contribution < 1.29 is 138 Å². The second-order valence-corrected chi connectivity index (χ2v) is 40.8. The Bertz CT molecular complexity index is 4770. The van der Waals surface area contributed by atoms with Gasteiger partial charge in [0.1, 0.15) is 45.2 Å². The van der Waals surface area contributed by atoms with E-state index in [0.717, 1.165) is 68.6 Å². The van der Waals surface area contributed by atoms with Gasteiger partial charge >= 0.3 is 55.0 Å². The smallest absolute Gasteiger partial charge is 0.870 e. The number of thioether (sulfide) groups is 5. The van der Waals surface area contributed by atoms with Crippen LogP contribution in [0.4, 0.5) is 58.1 Å². The Morgan fingerprint density at radius 1 is 0.482 bits per heavy atom. The summed E-state index contributed by atoms with van der Waals surface area (Å²) in [7, 11) is 8.42. The summed E-state index contributed by atoms with van der Waals surface area (Å²) in [6.07, 6.45) is 14.7. The number of piperazine rings is 3. The molecule has 0 radical (unpaired) electrons. The summed E-state index contributed by atoms with van der Waals surface area (Å²) in [4.78, 5) is 125. The molecule has 14 rings (SSSR count). The molecule has 782 valence electrons. The number of terminal acetylenes is 1. The molecule has 141 heavy (non-hydrogen) atoms. The van der Waals surface area contributed by atoms with Crippen molar-refractivity contribution >= 4 is 187 Å². The van der Waals surface area contributed by atoms with Crippen LogP contribution in [0.3, 0.4) is 0 Å². The number of carboxylic acid groups (broad SMARTS) is 1. The molecule has 8 aliphatic rings. The Morgan fingerprint density at radius 3 is 1.08 bits per heavy atom. The molecule has 8 fully saturated rings. The van der Waals surface area contributed by atoms with Gasteiger partial charge in [-0.3, -0.25) is 24.0 Å². The molecule has 2 amide bonds. The summed E-state index contributed by atoms with van der Waals surface area (Å²) >= 11 is 13.1. The number of methoxy groups -OCH3 is 6. The number of carbonyl (C=O) groups is 8. The number of hydrogen-bond acceptors (Lipinski definition) is 42. The molecule has 8 saturated heterocycles. The van der Waals surface area contributed by atoms with E-state index in [0.29, 0.717) is 166 Å². The number of nitrogens with one attached hydrogen (secondary N) is 2. The van der Waals surface area contributed by atoms with Crippen molar-refractivity contribution in [2.45, 2.75) is 183 Å². The fraction of sp³-hybridized carbons (Fsp3) is 0.630. The molecule has 12 N–H and O–H groups in total. The monoisotopic (exact) mass is 2090 g/mol. The van der Waals surface area contributed by atoms with Crippen molar-refractivity contribution in [1.29, 1.82) is 0 Å². The van der Waals surface area contributed by atoms with Gasteiger partial charge in [0, 0.05) is 153 Å². The molecule has 0 aliphatic carbocycles. The summed E-state index contributed by atoms with van der Waals surface area (Å²) in [5.74, 6) is 7.89. The predicted molar refractivity (Wildman–Crippen MR) is 548 cm³/mol. The molecular weight excluding hydrogens is 1950 g/mol. The van der Waals surface area contributed by atoms with E-state index in [1.165, 1.54) is 92.7 Å². The molecule has 0 saturated carbocycles. The van der Waals surface area contributed by atoms with Crippen LogP contribution in [0.2, 0.25) is 0 Å². The molecule has 5 atom stereocenters. The quantitative estimate of drug-likeness (QED) is 0.00564. The number of anilines is 6. The van der Waals surface area contributed by atoms with Crippen LogP contribution in [0.5, 0.6) is 34.5 Å². The van der Waals surface area contributed by atoms with Gasteiger partial charge < -0.3 is 125 Å². The summed E-state index contributed by atoms with van der Waals surface area (Å²) in [5.41, 5.74) is 22.1. The second-order valence-electron chi connectivity index (χ2n) is 33.5. The van der Waals surface area contributed by atoms with E-state index < -0.39 is 52.9 Å². The van der Waals surface area contributed by atoms with Crippen LogP contribution >= 0.6 is 71.4 Å². The van der Waals surface area contributed by atoms with Crippen molar-refractivity contribution in [1.82, 2.24) is 50.3 Å². The molecule has 5 unspecified atom stereocenters. The zero-order chi connectivity index (χ0) is 102. The van der Waals surface area contributed by atoms with Crippen LogP contribution in [0.15, 0.2) is 18.2 Å². The van der Waals surface area contributed by atoms with E-state index in [-0.39, 0.29) is 122 Å². The van der Waals surface area contributed by atoms with E-state index in [2.05, 4.69) is 69.1 Å². The largest absolute Gasteiger partial charge is 1.00 e. The fourth-order valence-corrected chi connectivity index (χ4v) is 20.5. The van der Waals surface area contributed by atoms with Gasteiger partial charge in [-0.15, -0.1) is 18.2 Å². The van der Waals surface area contributed by atoms with Gasteiger partial charge in [-0.25, -0.2) is 42.5 Å². The molecule has 11 heterocycles. The maximum Gasteiger partial charge on any atom is 1.00 e. The van der Waals surface area contributed by atoms with E-state index in [1.807, 2.05) is 73.6 Å². The van der Waals surface area contributed by atoms with Crippen LogP contribution in [-0.2, 0) is 57.2 Å². The number of halogens is 3. The van der Waals surface area contributed by atoms with E-state index in [4.69, 9.17) is 75.4 Å². The van der Waals surface area contributed by atoms with E-state index in [1.54, 1.807) is 96.1 Å².